The molecule has 10 heteroatoms. The average molecular weight is 414 g/mol. The summed E-state index contributed by atoms with van der Waals surface area (Å²) in [7, 11) is 3.53. The van der Waals surface area contributed by atoms with E-state index in [0.717, 1.165) is 12.8 Å². The number of hydrogen-bond acceptors (Lipinski definition) is 8. The van der Waals surface area contributed by atoms with Crippen molar-refractivity contribution in [2.75, 3.05) is 11.7 Å². The Balaban J connectivity index is 1.72. The summed E-state index contributed by atoms with van der Waals surface area (Å²) in [6.45, 7) is 8.68. The normalized spacial score (nSPS) is 23.3. The standard InChI is InChI=1S/C17H27N5O3S2/c1-5-6-10-11(24-9-26-27-17(2,3)4)7-12(25-10)22-8-19-13-14(22)20-16(18)21-15(13)23/h8,10-12H,5-7,9H2,1-4H3,(H3,18,20,21,23)/t10?,11-,12-/m1/s1. The fourth-order valence-electron chi connectivity index (χ4n) is 3.06. The number of aromatic nitrogens is 4. The third-order valence-electron chi connectivity index (χ3n) is 4.15. The Kier molecular flexibility index (Phi) is 6.39. The van der Waals surface area contributed by atoms with E-state index in [1.165, 1.54) is 0 Å². The van der Waals surface area contributed by atoms with Crippen LogP contribution in [0.2, 0.25) is 0 Å². The molecule has 3 rings (SSSR count). The maximum Gasteiger partial charge on any atom is 0.280 e. The number of anilines is 1. The Hall–Kier alpha value is -1.23. The Labute approximate surface area is 166 Å². The number of aromatic amines is 1. The molecule has 1 saturated heterocycles. The zero-order valence-electron chi connectivity index (χ0n) is 16.1. The maximum atomic E-state index is 12.0. The van der Waals surface area contributed by atoms with Gasteiger partial charge < -0.3 is 15.2 Å². The quantitative estimate of drug-likeness (QED) is 0.404. The van der Waals surface area contributed by atoms with E-state index in [9.17, 15) is 4.79 Å². The molecule has 0 aliphatic carbocycles. The van der Waals surface area contributed by atoms with Crippen molar-refractivity contribution in [3.63, 3.8) is 0 Å². The molecule has 1 aliphatic heterocycles. The topological polar surface area (TPSA) is 108 Å². The number of hydrogen-bond donors (Lipinski definition) is 2. The van der Waals surface area contributed by atoms with Crippen LogP contribution in [0.15, 0.2) is 11.1 Å². The van der Waals surface area contributed by atoms with E-state index in [0.29, 0.717) is 18.0 Å². The van der Waals surface area contributed by atoms with Crippen molar-refractivity contribution in [1.82, 2.24) is 19.5 Å². The Morgan fingerprint density at radius 3 is 2.96 bits per heavy atom. The molecular weight excluding hydrogens is 386 g/mol. The van der Waals surface area contributed by atoms with Gasteiger partial charge in [0.05, 0.1) is 18.5 Å². The van der Waals surface area contributed by atoms with Crippen LogP contribution in [-0.4, -0.2) is 42.4 Å². The maximum absolute atomic E-state index is 12.0. The molecule has 27 heavy (non-hydrogen) atoms. The van der Waals surface area contributed by atoms with Gasteiger partial charge in [0, 0.05) is 11.2 Å². The minimum Gasteiger partial charge on any atom is -0.369 e. The molecule has 1 unspecified atom stereocenters. The lowest BCUT2D eigenvalue weighted by molar-refractivity contribution is -0.0323. The van der Waals surface area contributed by atoms with Crippen LogP contribution in [-0.2, 0) is 9.47 Å². The highest BCUT2D eigenvalue weighted by Crippen LogP contribution is 2.38. The number of nitrogens with two attached hydrogens (primary N) is 1. The van der Waals surface area contributed by atoms with Gasteiger partial charge >= 0.3 is 0 Å². The second kappa shape index (κ2) is 8.42. The summed E-state index contributed by atoms with van der Waals surface area (Å²) in [6.07, 6.45) is 3.94. The van der Waals surface area contributed by atoms with Crippen LogP contribution >= 0.6 is 21.6 Å². The number of H-pyrrole nitrogens is 1. The van der Waals surface area contributed by atoms with Crippen molar-refractivity contribution in [1.29, 1.82) is 0 Å². The smallest absolute Gasteiger partial charge is 0.280 e. The first kappa shape index (κ1) is 20.5. The first-order chi connectivity index (χ1) is 12.8. The first-order valence-electron chi connectivity index (χ1n) is 9.08. The van der Waals surface area contributed by atoms with E-state index in [1.807, 2.05) is 10.8 Å². The van der Waals surface area contributed by atoms with E-state index in [4.69, 9.17) is 15.2 Å². The summed E-state index contributed by atoms with van der Waals surface area (Å²) in [4.78, 5) is 22.9. The van der Waals surface area contributed by atoms with E-state index < -0.39 is 0 Å². The van der Waals surface area contributed by atoms with E-state index in [-0.39, 0.29) is 40.2 Å². The van der Waals surface area contributed by atoms with Gasteiger partial charge in [-0.05, 0) is 6.42 Å². The molecule has 0 saturated carbocycles. The molecular formula is C17H27N5O3S2. The number of imidazole rings is 1. The van der Waals surface area contributed by atoms with Crippen LogP contribution in [0, 0.1) is 0 Å². The number of fused-ring (bicyclic) bond motifs is 1. The van der Waals surface area contributed by atoms with Crippen molar-refractivity contribution in [3.05, 3.63) is 16.7 Å². The average Bonchev–Trinajstić information content (AvgIpc) is 3.15. The summed E-state index contributed by atoms with van der Waals surface area (Å²) in [6, 6.07) is 0. The highest BCUT2D eigenvalue weighted by Gasteiger charge is 2.37. The molecule has 0 radical (unpaired) electrons. The third kappa shape index (κ3) is 4.98. The number of nitrogens with one attached hydrogen (secondary N) is 1. The minimum absolute atomic E-state index is 0.000174. The van der Waals surface area contributed by atoms with Gasteiger partial charge in [0.1, 0.15) is 12.2 Å². The minimum atomic E-state index is -0.345. The lowest BCUT2D eigenvalue weighted by Gasteiger charge is -2.20. The van der Waals surface area contributed by atoms with Gasteiger partial charge in [-0.1, -0.05) is 55.7 Å². The molecule has 0 bridgehead atoms. The van der Waals surface area contributed by atoms with E-state index >= 15 is 0 Å². The molecule has 3 heterocycles. The summed E-state index contributed by atoms with van der Waals surface area (Å²) in [5.74, 6) is 0.680. The number of nitrogen functional groups attached to an aromatic ring is 1. The fourth-order valence-corrected chi connectivity index (χ4v) is 5.06. The van der Waals surface area contributed by atoms with Crippen molar-refractivity contribution in [2.24, 2.45) is 0 Å². The van der Waals surface area contributed by atoms with Crippen LogP contribution < -0.4 is 11.3 Å². The zero-order valence-corrected chi connectivity index (χ0v) is 17.7. The number of ether oxygens (including phenoxy) is 2. The van der Waals surface area contributed by atoms with Crippen molar-refractivity contribution in [3.8, 4) is 0 Å². The highest BCUT2D eigenvalue weighted by molar-refractivity contribution is 8.77. The highest BCUT2D eigenvalue weighted by atomic mass is 33.1. The molecule has 0 aromatic carbocycles. The molecule has 2 aromatic rings. The summed E-state index contributed by atoms with van der Waals surface area (Å²) >= 11 is 0. The van der Waals surface area contributed by atoms with Crippen molar-refractivity contribution in [2.45, 2.75) is 70.1 Å². The van der Waals surface area contributed by atoms with Crippen LogP contribution in [0.5, 0.6) is 0 Å². The predicted octanol–water partition coefficient (Wildman–Crippen LogP) is 3.31. The van der Waals surface area contributed by atoms with Crippen LogP contribution in [0.25, 0.3) is 11.2 Å². The van der Waals surface area contributed by atoms with Crippen LogP contribution in [0.4, 0.5) is 5.95 Å². The Morgan fingerprint density at radius 1 is 1.48 bits per heavy atom. The van der Waals surface area contributed by atoms with Gasteiger partial charge in [0.15, 0.2) is 11.2 Å². The molecule has 1 fully saturated rings. The summed E-state index contributed by atoms with van der Waals surface area (Å²) < 4.78 is 14.3. The molecule has 3 atom stereocenters. The lowest BCUT2D eigenvalue weighted by Crippen LogP contribution is -2.24. The van der Waals surface area contributed by atoms with Gasteiger partial charge in [-0.2, -0.15) is 4.98 Å². The molecule has 1 aliphatic rings. The second-order valence-electron chi connectivity index (χ2n) is 7.57. The van der Waals surface area contributed by atoms with Gasteiger partial charge in [0.25, 0.3) is 5.56 Å². The van der Waals surface area contributed by atoms with Gasteiger partial charge in [-0.3, -0.25) is 14.3 Å². The van der Waals surface area contributed by atoms with Crippen LogP contribution in [0.1, 0.15) is 53.2 Å². The molecule has 0 amide bonds. The number of rotatable bonds is 7. The third-order valence-corrected chi connectivity index (χ3v) is 7.15. The van der Waals surface area contributed by atoms with Gasteiger partial charge in [0.2, 0.25) is 5.95 Å². The van der Waals surface area contributed by atoms with Crippen molar-refractivity contribution >= 4 is 38.7 Å². The van der Waals surface area contributed by atoms with Crippen LogP contribution in [0.3, 0.4) is 0 Å². The Bertz CT molecular complexity index is 832. The SMILES string of the molecule is CCCC1O[C@@H](n2cnc3c(=O)[nH]c(N)nc32)C[C@H]1OCSSC(C)(C)C. The van der Waals surface area contributed by atoms with E-state index in [1.54, 1.807) is 21.7 Å². The Morgan fingerprint density at radius 2 is 2.26 bits per heavy atom. The van der Waals surface area contributed by atoms with Crippen molar-refractivity contribution < 1.29 is 9.47 Å². The molecule has 0 spiro atoms. The van der Waals surface area contributed by atoms with Gasteiger partial charge in [-0.15, -0.1) is 0 Å². The molecule has 3 N–H and O–H groups in total. The summed E-state index contributed by atoms with van der Waals surface area (Å²) in [5, 5.41) is 0. The largest absolute Gasteiger partial charge is 0.369 e. The molecule has 150 valence electrons. The first-order valence-corrected chi connectivity index (χ1v) is 11.4. The van der Waals surface area contributed by atoms with Gasteiger partial charge in [-0.25, -0.2) is 4.98 Å². The summed E-state index contributed by atoms with van der Waals surface area (Å²) in [5.41, 5.74) is 6.05. The predicted molar refractivity (Wildman–Crippen MR) is 111 cm³/mol. The molecule has 2 aromatic heterocycles. The lowest BCUT2D eigenvalue weighted by atomic mass is 10.1. The zero-order chi connectivity index (χ0) is 19.6. The second-order valence-corrected chi connectivity index (χ2v) is 10.6. The number of nitrogens with zero attached hydrogens (tertiary/aromatic N) is 3. The monoisotopic (exact) mass is 413 g/mol. The van der Waals surface area contributed by atoms with E-state index in [2.05, 4.69) is 42.6 Å². The fraction of sp³-hybridized carbons (Fsp3) is 0.706. The molecule has 8 nitrogen and oxygen atoms in total.